The number of halogens is 2. The lowest BCUT2D eigenvalue weighted by molar-refractivity contribution is -0.123. The first kappa shape index (κ1) is 18.3. The van der Waals surface area contributed by atoms with Crippen molar-refractivity contribution in [1.82, 2.24) is 15.5 Å². The first-order valence-corrected chi connectivity index (χ1v) is 9.25. The molecule has 2 heterocycles. The molecular weight excluding hydrogens is 324 g/mol. The number of carbonyl (C=O) groups excluding carboxylic acids is 1. The Morgan fingerprint density at radius 2 is 2.08 bits per heavy atom. The maximum absolute atomic E-state index is 14.0. The molecule has 3 atom stereocenters. The lowest BCUT2D eigenvalue weighted by atomic mass is 9.94. The molecule has 3 rings (SSSR count). The van der Waals surface area contributed by atoms with Gasteiger partial charge in [0, 0.05) is 24.7 Å². The van der Waals surface area contributed by atoms with Crippen molar-refractivity contribution in [2.75, 3.05) is 26.2 Å². The third-order valence-corrected chi connectivity index (χ3v) is 5.46. The summed E-state index contributed by atoms with van der Waals surface area (Å²) in [5, 5.41) is 6.24. The monoisotopic (exact) mass is 351 g/mol. The van der Waals surface area contributed by atoms with Crippen molar-refractivity contribution in [3.63, 3.8) is 0 Å². The highest BCUT2D eigenvalue weighted by molar-refractivity contribution is 5.81. The number of rotatable bonds is 5. The zero-order chi connectivity index (χ0) is 17.8. The molecule has 3 unspecified atom stereocenters. The third kappa shape index (κ3) is 4.36. The number of piperidine rings is 1. The number of nitrogens with zero attached hydrogens (tertiary/aromatic N) is 1. The first-order valence-electron chi connectivity index (χ1n) is 9.25. The molecule has 0 spiro atoms. The smallest absolute Gasteiger partial charge is 0.237 e. The highest BCUT2D eigenvalue weighted by Gasteiger charge is 2.28. The van der Waals surface area contributed by atoms with Crippen LogP contribution in [0, 0.1) is 17.6 Å². The molecule has 4 nitrogen and oxygen atoms in total. The van der Waals surface area contributed by atoms with Gasteiger partial charge in [0.15, 0.2) is 0 Å². The van der Waals surface area contributed by atoms with E-state index in [1.807, 2.05) is 6.92 Å². The number of hydrogen-bond donors (Lipinski definition) is 2. The SMILES string of the molecule is CC(c1c(F)cccc1F)N1CCCC(CNC(=O)C2CCCN2)C1. The van der Waals surface area contributed by atoms with Crippen LogP contribution in [0.2, 0.25) is 0 Å². The minimum absolute atomic E-state index is 0.0638. The number of amides is 1. The van der Waals surface area contributed by atoms with E-state index in [4.69, 9.17) is 0 Å². The van der Waals surface area contributed by atoms with Gasteiger partial charge < -0.3 is 10.6 Å². The molecule has 2 N–H and O–H groups in total. The summed E-state index contributed by atoms with van der Waals surface area (Å²) >= 11 is 0. The molecule has 25 heavy (non-hydrogen) atoms. The topological polar surface area (TPSA) is 44.4 Å². The standard InChI is InChI=1S/C19H27F2N3O/c1-13(18-15(20)6-2-7-16(18)21)24-10-4-5-14(12-24)11-23-19(25)17-8-3-9-22-17/h2,6-7,13-14,17,22H,3-5,8-12H2,1H3,(H,23,25). The second-order valence-electron chi connectivity index (χ2n) is 7.21. The second kappa shape index (κ2) is 8.23. The molecule has 0 radical (unpaired) electrons. The molecule has 1 amide bonds. The normalized spacial score (nSPS) is 25.7. The number of hydrogen-bond acceptors (Lipinski definition) is 3. The predicted molar refractivity (Wildman–Crippen MR) is 93.1 cm³/mol. The van der Waals surface area contributed by atoms with Crippen molar-refractivity contribution in [3.05, 3.63) is 35.4 Å². The summed E-state index contributed by atoms with van der Waals surface area (Å²) in [6.07, 6.45) is 3.94. The predicted octanol–water partition coefficient (Wildman–Crippen LogP) is 2.61. The van der Waals surface area contributed by atoms with Crippen molar-refractivity contribution < 1.29 is 13.6 Å². The van der Waals surface area contributed by atoms with Crippen LogP contribution in [0.5, 0.6) is 0 Å². The Bertz CT molecular complexity index is 584. The summed E-state index contributed by atoms with van der Waals surface area (Å²) in [7, 11) is 0. The Balaban J connectivity index is 1.56. The molecule has 1 aromatic carbocycles. The van der Waals surface area contributed by atoms with Crippen LogP contribution in [0.4, 0.5) is 8.78 Å². The van der Waals surface area contributed by atoms with Gasteiger partial charge in [0.25, 0.3) is 0 Å². The van der Waals surface area contributed by atoms with E-state index in [0.717, 1.165) is 45.3 Å². The van der Waals surface area contributed by atoms with Gasteiger partial charge >= 0.3 is 0 Å². The van der Waals surface area contributed by atoms with Crippen molar-refractivity contribution in [2.45, 2.75) is 44.7 Å². The average Bonchev–Trinajstić information content (AvgIpc) is 3.14. The molecule has 2 fully saturated rings. The molecule has 2 aliphatic heterocycles. The van der Waals surface area contributed by atoms with E-state index < -0.39 is 11.6 Å². The molecule has 0 aromatic heterocycles. The zero-order valence-electron chi connectivity index (χ0n) is 14.7. The number of benzene rings is 1. The van der Waals surface area contributed by atoms with E-state index >= 15 is 0 Å². The number of likely N-dealkylation sites (tertiary alicyclic amines) is 1. The van der Waals surface area contributed by atoms with Gasteiger partial charge in [0.05, 0.1) is 6.04 Å². The van der Waals surface area contributed by atoms with Crippen LogP contribution in [-0.2, 0) is 4.79 Å². The summed E-state index contributed by atoms with van der Waals surface area (Å²) in [5.74, 6) is -0.593. The molecule has 0 bridgehead atoms. The Morgan fingerprint density at radius 3 is 2.76 bits per heavy atom. The molecule has 138 valence electrons. The maximum atomic E-state index is 14.0. The van der Waals surface area contributed by atoms with E-state index in [-0.39, 0.29) is 23.6 Å². The highest BCUT2D eigenvalue weighted by atomic mass is 19.1. The van der Waals surface area contributed by atoms with Crippen molar-refractivity contribution in [1.29, 1.82) is 0 Å². The van der Waals surface area contributed by atoms with Crippen molar-refractivity contribution in [3.8, 4) is 0 Å². The van der Waals surface area contributed by atoms with Gasteiger partial charge in [-0.25, -0.2) is 8.78 Å². The lowest BCUT2D eigenvalue weighted by Gasteiger charge is -2.37. The fourth-order valence-corrected chi connectivity index (χ4v) is 3.98. The summed E-state index contributed by atoms with van der Waals surface area (Å²) in [5.41, 5.74) is 0.141. The maximum Gasteiger partial charge on any atom is 0.237 e. The summed E-state index contributed by atoms with van der Waals surface area (Å²) < 4.78 is 28.1. The van der Waals surface area contributed by atoms with E-state index in [1.54, 1.807) is 0 Å². The van der Waals surface area contributed by atoms with Crippen LogP contribution in [0.15, 0.2) is 18.2 Å². The molecule has 0 saturated carbocycles. The van der Waals surface area contributed by atoms with Crippen LogP contribution in [0.3, 0.4) is 0 Å². The van der Waals surface area contributed by atoms with Gasteiger partial charge in [0.1, 0.15) is 11.6 Å². The summed E-state index contributed by atoms with van der Waals surface area (Å²) in [4.78, 5) is 14.2. The van der Waals surface area contributed by atoms with Gasteiger partial charge in [-0.3, -0.25) is 9.69 Å². The Kier molecular flexibility index (Phi) is 6.02. The first-order chi connectivity index (χ1) is 12.1. The average molecular weight is 351 g/mol. The van der Waals surface area contributed by atoms with E-state index in [0.29, 0.717) is 12.5 Å². The molecular formula is C19H27F2N3O. The van der Waals surface area contributed by atoms with Gasteiger partial charge in [-0.2, -0.15) is 0 Å². The fraction of sp³-hybridized carbons (Fsp3) is 0.632. The third-order valence-electron chi connectivity index (χ3n) is 5.46. The minimum atomic E-state index is -0.491. The highest BCUT2D eigenvalue weighted by Crippen LogP contribution is 2.29. The number of carbonyl (C=O) groups is 1. The quantitative estimate of drug-likeness (QED) is 0.857. The van der Waals surface area contributed by atoms with Gasteiger partial charge in [-0.05, 0) is 63.7 Å². The Morgan fingerprint density at radius 1 is 1.32 bits per heavy atom. The Hall–Kier alpha value is -1.53. The molecule has 1 aromatic rings. The second-order valence-corrected chi connectivity index (χ2v) is 7.21. The van der Waals surface area contributed by atoms with Crippen LogP contribution in [0.25, 0.3) is 0 Å². The van der Waals surface area contributed by atoms with Crippen LogP contribution < -0.4 is 10.6 Å². The number of nitrogens with one attached hydrogen (secondary N) is 2. The Labute approximate surface area is 148 Å². The van der Waals surface area contributed by atoms with Gasteiger partial charge in [-0.1, -0.05) is 6.07 Å². The minimum Gasteiger partial charge on any atom is -0.354 e. The van der Waals surface area contributed by atoms with Crippen LogP contribution in [-0.4, -0.2) is 43.0 Å². The van der Waals surface area contributed by atoms with Crippen LogP contribution in [0.1, 0.15) is 44.2 Å². The van der Waals surface area contributed by atoms with Crippen molar-refractivity contribution in [2.24, 2.45) is 5.92 Å². The largest absolute Gasteiger partial charge is 0.354 e. The lowest BCUT2D eigenvalue weighted by Crippen LogP contribution is -2.46. The summed E-state index contributed by atoms with van der Waals surface area (Å²) in [6.45, 7) is 4.95. The molecule has 6 heteroatoms. The molecule has 2 aliphatic rings. The zero-order valence-corrected chi connectivity index (χ0v) is 14.7. The molecule has 2 saturated heterocycles. The van der Waals surface area contributed by atoms with Crippen LogP contribution >= 0.6 is 0 Å². The van der Waals surface area contributed by atoms with E-state index in [9.17, 15) is 13.6 Å². The summed E-state index contributed by atoms with van der Waals surface area (Å²) in [6, 6.07) is 3.64. The van der Waals surface area contributed by atoms with Gasteiger partial charge in [-0.15, -0.1) is 0 Å². The fourth-order valence-electron chi connectivity index (χ4n) is 3.98. The van der Waals surface area contributed by atoms with E-state index in [1.165, 1.54) is 18.2 Å². The van der Waals surface area contributed by atoms with Crippen molar-refractivity contribution >= 4 is 5.91 Å². The molecule has 0 aliphatic carbocycles. The van der Waals surface area contributed by atoms with Gasteiger partial charge in [0.2, 0.25) is 5.91 Å². The van der Waals surface area contributed by atoms with E-state index in [2.05, 4.69) is 15.5 Å².